The van der Waals surface area contributed by atoms with Crippen LogP contribution >= 0.6 is 27.3 Å². The van der Waals surface area contributed by atoms with Crippen molar-refractivity contribution in [2.24, 2.45) is 0 Å². The molecule has 4 aromatic rings. The first-order valence-corrected chi connectivity index (χ1v) is 12.7. The number of hydrogen-bond donors (Lipinski definition) is 1. The van der Waals surface area contributed by atoms with Gasteiger partial charge in [-0.3, -0.25) is 14.2 Å². The number of nitrogens with zero attached hydrogens (tertiary/aromatic N) is 2. The number of carbonyl (C=O) groups excluding carboxylic acids is 1. The molecule has 1 N–H and O–H groups in total. The molecule has 2 heterocycles. The van der Waals surface area contributed by atoms with Gasteiger partial charge in [-0.2, -0.15) is 0 Å². The van der Waals surface area contributed by atoms with Gasteiger partial charge in [-0.25, -0.2) is 4.98 Å². The molecule has 5 rings (SSSR count). The van der Waals surface area contributed by atoms with Gasteiger partial charge in [-0.15, -0.1) is 11.3 Å². The van der Waals surface area contributed by atoms with E-state index in [2.05, 4.69) is 21.2 Å². The summed E-state index contributed by atoms with van der Waals surface area (Å²) in [4.78, 5) is 33.8. The highest BCUT2D eigenvalue weighted by molar-refractivity contribution is 9.10. The van der Waals surface area contributed by atoms with Crippen LogP contribution in [0.15, 0.2) is 51.7 Å². The van der Waals surface area contributed by atoms with Gasteiger partial charge in [0.2, 0.25) is 5.91 Å². The van der Waals surface area contributed by atoms with Gasteiger partial charge in [0.1, 0.15) is 17.2 Å². The molecule has 2 aromatic heterocycles. The number of benzene rings is 2. The van der Waals surface area contributed by atoms with E-state index < -0.39 is 0 Å². The lowest BCUT2D eigenvalue weighted by atomic mass is 9.97. The van der Waals surface area contributed by atoms with E-state index in [4.69, 9.17) is 4.98 Å². The van der Waals surface area contributed by atoms with Crippen molar-refractivity contribution in [3.05, 3.63) is 78.9 Å². The molecule has 0 saturated heterocycles. The number of aryl methyl sites for hydroxylation is 4. The van der Waals surface area contributed by atoms with E-state index in [1.54, 1.807) is 11.3 Å². The van der Waals surface area contributed by atoms with Crippen molar-refractivity contribution in [3.8, 4) is 11.4 Å². The Bertz CT molecular complexity index is 1440. The van der Waals surface area contributed by atoms with Crippen LogP contribution in [0.5, 0.6) is 0 Å². The number of nitrogens with one attached hydrogen (secondary N) is 1. The maximum Gasteiger partial charge on any atom is 0.263 e. The molecule has 2 aromatic carbocycles. The number of halogens is 1. The lowest BCUT2D eigenvalue weighted by Crippen LogP contribution is -2.30. The van der Waals surface area contributed by atoms with Gasteiger partial charge >= 0.3 is 0 Å². The van der Waals surface area contributed by atoms with Crippen LogP contribution in [-0.4, -0.2) is 15.5 Å². The molecule has 33 heavy (non-hydrogen) atoms. The Balaban J connectivity index is 1.60. The molecule has 0 unspecified atom stereocenters. The first kappa shape index (κ1) is 22.0. The Morgan fingerprint density at radius 3 is 2.64 bits per heavy atom. The van der Waals surface area contributed by atoms with Crippen molar-refractivity contribution in [2.75, 3.05) is 5.32 Å². The van der Waals surface area contributed by atoms with E-state index in [1.807, 2.05) is 56.3 Å². The van der Waals surface area contributed by atoms with Gasteiger partial charge < -0.3 is 5.32 Å². The van der Waals surface area contributed by atoms with Crippen molar-refractivity contribution in [3.63, 3.8) is 0 Å². The number of carbonyl (C=O) groups is 1. The van der Waals surface area contributed by atoms with Gasteiger partial charge in [0, 0.05) is 14.9 Å². The van der Waals surface area contributed by atoms with E-state index in [0.29, 0.717) is 16.9 Å². The second kappa shape index (κ2) is 8.88. The van der Waals surface area contributed by atoms with E-state index in [0.717, 1.165) is 57.2 Å². The van der Waals surface area contributed by atoms with Crippen LogP contribution < -0.4 is 10.9 Å². The van der Waals surface area contributed by atoms with E-state index >= 15 is 0 Å². The molecule has 0 spiro atoms. The number of amides is 1. The fourth-order valence-electron chi connectivity index (χ4n) is 4.40. The monoisotopic (exact) mass is 521 g/mol. The summed E-state index contributed by atoms with van der Waals surface area (Å²) in [5.41, 5.74) is 4.74. The average molecular weight is 522 g/mol. The number of thiophene rings is 1. The quantitative estimate of drug-likeness (QED) is 0.357. The third kappa shape index (κ3) is 4.15. The fraction of sp³-hybridized carbons (Fsp3) is 0.269. The summed E-state index contributed by atoms with van der Waals surface area (Å²) in [5.74, 6) is 0.268. The zero-order valence-electron chi connectivity index (χ0n) is 18.6. The summed E-state index contributed by atoms with van der Waals surface area (Å²) < 4.78 is 2.35. The zero-order chi connectivity index (χ0) is 23.1. The molecule has 1 aliphatic carbocycles. The van der Waals surface area contributed by atoms with Crippen LogP contribution in [-0.2, 0) is 24.2 Å². The van der Waals surface area contributed by atoms with E-state index in [1.165, 1.54) is 9.44 Å². The Morgan fingerprint density at radius 2 is 1.85 bits per heavy atom. The third-order valence-electron chi connectivity index (χ3n) is 6.27. The highest BCUT2D eigenvalue weighted by Gasteiger charge is 2.23. The van der Waals surface area contributed by atoms with Crippen LogP contribution in [0.1, 0.15) is 34.4 Å². The summed E-state index contributed by atoms with van der Waals surface area (Å²) in [6, 6.07) is 13.5. The van der Waals surface area contributed by atoms with Crippen molar-refractivity contribution in [1.82, 2.24) is 9.55 Å². The van der Waals surface area contributed by atoms with Crippen LogP contribution in [0.25, 0.3) is 21.6 Å². The standard InChI is InChI=1S/C26H24BrN3O2S/c1-15-12-19(27)20(13-16(15)2)28-22(31)14-30-24(17-8-4-3-5-9-17)29-25-23(26(30)32)18-10-6-7-11-21(18)33-25/h3-5,8-9,12-13H,6-7,10-11,14H2,1-2H3,(H,28,31). The van der Waals surface area contributed by atoms with Crippen LogP contribution in [0.2, 0.25) is 0 Å². The molecule has 0 aliphatic heterocycles. The minimum absolute atomic E-state index is 0.101. The summed E-state index contributed by atoms with van der Waals surface area (Å²) in [6.45, 7) is 3.93. The highest BCUT2D eigenvalue weighted by Crippen LogP contribution is 2.35. The minimum atomic E-state index is -0.261. The second-order valence-electron chi connectivity index (χ2n) is 8.55. The molecule has 0 radical (unpaired) electrons. The largest absolute Gasteiger partial charge is 0.323 e. The third-order valence-corrected chi connectivity index (χ3v) is 8.11. The summed E-state index contributed by atoms with van der Waals surface area (Å²) in [6.07, 6.45) is 4.13. The molecule has 0 saturated carbocycles. The number of rotatable bonds is 4. The number of anilines is 1. The van der Waals surface area contributed by atoms with Crippen molar-refractivity contribution in [2.45, 2.75) is 46.1 Å². The van der Waals surface area contributed by atoms with Crippen LogP contribution in [0, 0.1) is 13.8 Å². The predicted molar refractivity (Wildman–Crippen MR) is 138 cm³/mol. The predicted octanol–water partition coefficient (Wildman–Crippen LogP) is 6.02. The van der Waals surface area contributed by atoms with Gasteiger partial charge in [0.15, 0.2) is 0 Å². The van der Waals surface area contributed by atoms with Crippen molar-refractivity contribution in [1.29, 1.82) is 0 Å². The Hall–Kier alpha value is -2.77. The molecular weight excluding hydrogens is 498 g/mol. The van der Waals surface area contributed by atoms with Crippen molar-refractivity contribution < 1.29 is 4.79 Å². The summed E-state index contributed by atoms with van der Waals surface area (Å²) in [7, 11) is 0. The van der Waals surface area contributed by atoms with Crippen LogP contribution in [0.4, 0.5) is 5.69 Å². The molecule has 7 heteroatoms. The topological polar surface area (TPSA) is 64.0 Å². The lowest BCUT2D eigenvalue weighted by molar-refractivity contribution is -0.116. The minimum Gasteiger partial charge on any atom is -0.323 e. The molecule has 1 aliphatic rings. The smallest absolute Gasteiger partial charge is 0.263 e. The van der Waals surface area contributed by atoms with Gasteiger partial charge in [0.25, 0.3) is 5.56 Å². The SMILES string of the molecule is Cc1cc(Br)c(NC(=O)Cn2c(-c3ccccc3)nc3sc4c(c3c2=O)CCCC4)cc1C. The van der Waals surface area contributed by atoms with Gasteiger partial charge in [-0.1, -0.05) is 30.3 Å². The van der Waals surface area contributed by atoms with E-state index in [-0.39, 0.29) is 18.0 Å². The molecule has 0 bridgehead atoms. The van der Waals surface area contributed by atoms with Crippen LogP contribution in [0.3, 0.4) is 0 Å². The highest BCUT2D eigenvalue weighted by atomic mass is 79.9. The number of hydrogen-bond acceptors (Lipinski definition) is 4. The Kier molecular flexibility index (Phi) is 5.93. The molecule has 5 nitrogen and oxygen atoms in total. The maximum atomic E-state index is 13.7. The normalized spacial score (nSPS) is 13.2. The van der Waals surface area contributed by atoms with Gasteiger partial charge in [0.05, 0.1) is 11.1 Å². The van der Waals surface area contributed by atoms with Crippen molar-refractivity contribution >= 4 is 49.1 Å². The number of fused-ring (bicyclic) bond motifs is 3. The molecule has 168 valence electrons. The molecule has 1 amide bonds. The first-order valence-electron chi connectivity index (χ1n) is 11.1. The summed E-state index contributed by atoms with van der Waals surface area (Å²) in [5, 5.41) is 3.66. The number of aromatic nitrogens is 2. The second-order valence-corrected chi connectivity index (χ2v) is 10.5. The Labute approximate surface area is 204 Å². The molecule has 0 fully saturated rings. The summed E-state index contributed by atoms with van der Waals surface area (Å²) >= 11 is 5.16. The molecular formula is C26H24BrN3O2S. The van der Waals surface area contributed by atoms with E-state index in [9.17, 15) is 9.59 Å². The first-order chi connectivity index (χ1) is 15.9. The Morgan fingerprint density at radius 1 is 1.12 bits per heavy atom. The maximum absolute atomic E-state index is 13.7. The zero-order valence-corrected chi connectivity index (χ0v) is 21.0. The average Bonchev–Trinajstić information content (AvgIpc) is 3.18. The lowest BCUT2D eigenvalue weighted by Gasteiger charge is -2.15. The van der Waals surface area contributed by atoms with Gasteiger partial charge in [-0.05, 0) is 84.3 Å². The fourth-order valence-corrected chi connectivity index (χ4v) is 6.21. The molecule has 0 atom stereocenters.